The average Bonchev–Trinajstić information content (AvgIpc) is 0. The van der Waals surface area contributed by atoms with Crippen LogP contribution in [0.25, 0.3) is 0 Å². The van der Waals surface area contributed by atoms with Crippen LogP contribution in [0.15, 0.2) is 0 Å². The van der Waals surface area contributed by atoms with Crippen molar-refractivity contribution in [3.05, 3.63) is 0 Å². The Kier molecular flexibility index (Phi) is 1270. The van der Waals surface area contributed by atoms with Gasteiger partial charge >= 0.3 is 65.0 Å². The van der Waals surface area contributed by atoms with Crippen LogP contribution in [-0.4, -0.2) is 45.5 Å². The molecular formula is F4SrZn. The summed E-state index contributed by atoms with van der Waals surface area (Å²) in [6, 6.07) is 0. The van der Waals surface area contributed by atoms with Crippen LogP contribution >= 0.6 is 0 Å². The van der Waals surface area contributed by atoms with Gasteiger partial charge in [0, 0.05) is 0 Å². The maximum absolute atomic E-state index is 0. The zero-order valence-corrected chi connectivity index (χ0v) is 9.37. The van der Waals surface area contributed by atoms with Crippen molar-refractivity contribution in [1.82, 2.24) is 0 Å². The average molecular weight is 229 g/mol. The van der Waals surface area contributed by atoms with E-state index in [4.69, 9.17) is 0 Å². The normalized spacial score (nSPS) is 0. The summed E-state index contributed by atoms with van der Waals surface area (Å²) in [5.41, 5.74) is 0. The summed E-state index contributed by atoms with van der Waals surface area (Å²) in [5.74, 6) is 0. The van der Waals surface area contributed by atoms with Crippen molar-refractivity contribution in [2.45, 2.75) is 0 Å². The van der Waals surface area contributed by atoms with E-state index in [0.717, 1.165) is 0 Å². The maximum Gasteiger partial charge on any atom is 2.00 e. The number of rotatable bonds is 0. The predicted molar refractivity (Wildman–Crippen MR) is 5.75 cm³/mol. The third-order valence-corrected chi connectivity index (χ3v) is 0. The number of halogens is 4. The molecule has 0 spiro atoms. The van der Waals surface area contributed by atoms with Crippen LogP contribution in [0.4, 0.5) is 0 Å². The van der Waals surface area contributed by atoms with Crippen LogP contribution in [0.2, 0.25) is 0 Å². The molecule has 0 amide bonds. The second kappa shape index (κ2) is 69.6. The number of hydrogen-bond donors (Lipinski definition) is 0. The van der Waals surface area contributed by atoms with Gasteiger partial charge in [0.25, 0.3) is 0 Å². The standard InChI is InChI=1S/4FH.Sr.Zn/h4*1H;;/q;;;;2*+2/p-4. The van der Waals surface area contributed by atoms with E-state index in [2.05, 4.69) is 0 Å². The molecule has 0 rings (SSSR count). The molecule has 0 aromatic carbocycles. The molecule has 0 aliphatic heterocycles. The van der Waals surface area contributed by atoms with Crippen molar-refractivity contribution in [3.8, 4) is 0 Å². The fraction of sp³-hybridized carbons (Fsp3) is 0. The quantitative estimate of drug-likeness (QED) is 0.286. The van der Waals surface area contributed by atoms with E-state index in [0.29, 0.717) is 0 Å². The van der Waals surface area contributed by atoms with E-state index in [1.54, 1.807) is 0 Å². The molecule has 0 aliphatic rings. The van der Waals surface area contributed by atoms with E-state index in [-0.39, 0.29) is 83.8 Å². The first-order chi connectivity index (χ1) is 0. The summed E-state index contributed by atoms with van der Waals surface area (Å²) in [6.45, 7) is 0. The van der Waals surface area contributed by atoms with Gasteiger partial charge in [-0.2, -0.15) is 0 Å². The van der Waals surface area contributed by atoms with Gasteiger partial charge in [-0.15, -0.1) is 0 Å². The Morgan fingerprint density at radius 3 is 0.500 bits per heavy atom. The zero-order chi connectivity index (χ0) is 0. The van der Waals surface area contributed by atoms with E-state index in [1.165, 1.54) is 0 Å². The number of hydrogen-bond acceptors (Lipinski definition) is 0. The molecule has 0 unspecified atom stereocenters. The fourth-order valence-corrected chi connectivity index (χ4v) is 0. The fourth-order valence-electron chi connectivity index (χ4n) is 0. The Morgan fingerprint density at radius 2 is 0.500 bits per heavy atom. The second-order valence-corrected chi connectivity index (χ2v) is 0. The van der Waals surface area contributed by atoms with Gasteiger partial charge in [-0.25, -0.2) is 0 Å². The van der Waals surface area contributed by atoms with Crippen molar-refractivity contribution in [3.63, 3.8) is 0 Å². The Bertz CT molecular complexity index is 7.51. The van der Waals surface area contributed by atoms with Gasteiger partial charge in [-0.1, -0.05) is 0 Å². The van der Waals surface area contributed by atoms with Gasteiger partial charge in [0.1, 0.15) is 0 Å². The summed E-state index contributed by atoms with van der Waals surface area (Å²) in [6.07, 6.45) is 0. The summed E-state index contributed by atoms with van der Waals surface area (Å²) >= 11 is 0. The van der Waals surface area contributed by atoms with Gasteiger partial charge < -0.3 is 18.8 Å². The van der Waals surface area contributed by atoms with Gasteiger partial charge in [-0.3, -0.25) is 0 Å². The summed E-state index contributed by atoms with van der Waals surface area (Å²) < 4.78 is 0. The van der Waals surface area contributed by atoms with Gasteiger partial charge in [0.2, 0.25) is 0 Å². The topological polar surface area (TPSA) is 0 Å². The van der Waals surface area contributed by atoms with Crippen LogP contribution in [0.1, 0.15) is 0 Å². The first-order valence-corrected chi connectivity index (χ1v) is 0. The van der Waals surface area contributed by atoms with Gasteiger partial charge in [0.15, 0.2) is 0 Å². The van der Waals surface area contributed by atoms with E-state index >= 15 is 0 Å². The van der Waals surface area contributed by atoms with Gasteiger partial charge in [-0.05, 0) is 0 Å². The molecule has 6 heavy (non-hydrogen) atoms. The third-order valence-electron chi connectivity index (χ3n) is 0. The maximum atomic E-state index is 0. The molecule has 0 aliphatic carbocycles. The van der Waals surface area contributed by atoms with Crippen molar-refractivity contribution in [2.24, 2.45) is 0 Å². The molecule has 0 bridgehead atoms. The molecular weight excluding hydrogens is 229 g/mol. The van der Waals surface area contributed by atoms with Crippen LogP contribution in [-0.2, 0) is 19.5 Å². The molecule has 0 saturated carbocycles. The first-order valence-electron chi connectivity index (χ1n) is 0. The molecule has 0 N–H and O–H groups in total. The van der Waals surface area contributed by atoms with Crippen LogP contribution in [0.5, 0.6) is 0 Å². The minimum Gasteiger partial charge on any atom is -1.00 e. The second-order valence-electron chi connectivity index (χ2n) is 0. The van der Waals surface area contributed by atoms with Crippen molar-refractivity contribution < 1.29 is 38.3 Å². The van der Waals surface area contributed by atoms with E-state index in [1.807, 2.05) is 0 Å². The molecule has 0 aromatic heterocycles. The van der Waals surface area contributed by atoms with Gasteiger partial charge in [0.05, 0.1) is 0 Å². The molecule has 0 saturated heterocycles. The minimum absolute atomic E-state index is 0. The molecule has 32 valence electrons. The predicted octanol–water partition coefficient (Wildman–Crippen LogP) is -12.4. The Balaban J connectivity index is 0. The van der Waals surface area contributed by atoms with Crippen molar-refractivity contribution in [1.29, 1.82) is 0 Å². The van der Waals surface area contributed by atoms with E-state index < -0.39 is 0 Å². The molecule has 0 aromatic rings. The van der Waals surface area contributed by atoms with E-state index in [9.17, 15) is 0 Å². The monoisotopic (exact) mass is 228 g/mol. The van der Waals surface area contributed by atoms with Crippen molar-refractivity contribution >= 4 is 45.5 Å². The van der Waals surface area contributed by atoms with Crippen LogP contribution in [0.3, 0.4) is 0 Å². The molecule has 0 radical (unpaired) electrons. The smallest absolute Gasteiger partial charge is 1.00 e. The molecule has 6 heteroatoms. The third kappa shape index (κ3) is 40.7. The Labute approximate surface area is 82.6 Å². The van der Waals surface area contributed by atoms with Crippen LogP contribution in [0, 0.1) is 0 Å². The first kappa shape index (κ1) is 110. The Morgan fingerprint density at radius 1 is 0.500 bits per heavy atom. The summed E-state index contributed by atoms with van der Waals surface area (Å²) in [7, 11) is 0. The van der Waals surface area contributed by atoms with Crippen molar-refractivity contribution in [2.75, 3.05) is 0 Å². The SMILES string of the molecule is [F-].[F-].[F-].[F-].[Sr+2].[Zn+2]. The molecule has 0 nitrogen and oxygen atoms in total. The molecule has 0 heterocycles. The Hall–Kier alpha value is 1.82. The summed E-state index contributed by atoms with van der Waals surface area (Å²) in [4.78, 5) is 0. The molecule has 0 fully saturated rings. The molecule has 0 atom stereocenters. The minimum atomic E-state index is 0. The summed E-state index contributed by atoms with van der Waals surface area (Å²) in [5, 5.41) is 0. The largest absolute Gasteiger partial charge is 2.00 e. The van der Waals surface area contributed by atoms with Crippen LogP contribution < -0.4 is 18.8 Å². The zero-order valence-electron chi connectivity index (χ0n) is 2.93.